The van der Waals surface area contributed by atoms with Gasteiger partial charge in [0, 0.05) is 12.8 Å². The number of ether oxygens (including phenoxy) is 2. The van der Waals surface area contributed by atoms with Gasteiger partial charge in [-0.1, -0.05) is 143 Å². The fourth-order valence-electron chi connectivity index (χ4n) is 6.85. The van der Waals surface area contributed by atoms with E-state index >= 15 is 0 Å². The van der Waals surface area contributed by atoms with Crippen molar-refractivity contribution >= 4 is 27.6 Å². The average Bonchev–Trinajstić information content (AvgIpc) is 3.32. The van der Waals surface area contributed by atoms with E-state index in [1.54, 1.807) is 30.4 Å². The zero-order valence-electron chi connectivity index (χ0n) is 41.6. The number of esters is 2. The molecule has 0 aromatic rings. The summed E-state index contributed by atoms with van der Waals surface area (Å²) in [7, 11) is -10.8. The Hall–Kier alpha value is -3.16. The molecule has 5 unspecified atom stereocenters. The van der Waals surface area contributed by atoms with Gasteiger partial charge < -0.3 is 54.8 Å². The van der Waals surface area contributed by atoms with Gasteiger partial charge >= 0.3 is 27.6 Å². The van der Waals surface area contributed by atoms with Crippen LogP contribution in [-0.2, 0) is 41.8 Å². The van der Waals surface area contributed by atoms with Crippen LogP contribution in [0.1, 0.15) is 142 Å². The average molecular weight is 1050 g/mol. The zero-order chi connectivity index (χ0) is 52.8. The maximum absolute atomic E-state index is 13.0. The highest BCUT2D eigenvalue weighted by Gasteiger charge is 2.54. The van der Waals surface area contributed by atoms with Crippen molar-refractivity contribution in [1.82, 2.24) is 0 Å². The molecule has 0 spiro atoms. The third-order valence-electron chi connectivity index (χ3n) is 10.8. The van der Waals surface area contributed by atoms with Crippen molar-refractivity contribution in [2.75, 3.05) is 13.2 Å². The summed E-state index contributed by atoms with van der Waals surface area (Å²) in [5, 5.41) is 61.7. The molecule has 0 aromatic heterocycles. The Balaban J connectivity index is 2.71. The Labute approximate surface area is 421 Å². The molecule has 71 heavy (non-hydrogen) atoms. The van der Waals surface area contributed by atoms with Gasteiger partial charge in [0.15, 0.2) is 6.10 Å². The zero-order valence-corrected chi connectivity index (χ0v) is 43.4. The predicted molar refractivity (Wildman–Crippen MR) is 271 cm³/mol. The summed E-state index contributed by atoms with van der Waals surface area (Å²) in [4.78, 5) is 54.4. The number of aliphatic hydroxyl groups is 6. The number of hydrogen-bond donors (Lipinski definition) is 9. The van der Waals surface area contributed by atoms with Gasteiger partial charge in [0.25, 0.3) is 0 Å². The van der Waals surface area contributed by atoms with Gasteiger partial charge in [0.05, 0.1) is 18.8 Å². The van der Waals surface area contributed by atoms with Crippen molar-refractivity contribution < 1.29 is 87.1 Å². The van der Waals surface area contributed by atoms with Gasteiger partial charge in [-0.2, -0.15) is 0 Å². The molecular formula is C51H84O18P2. The summed E-state index contributed by atoms with van der Waals surface area (Å²) in [6.07, 6.45) is 29.7. The second-order valence-corrected chi connectivity index (χ2v) is 19.8. The van der Waals surface area contributed by atoms with E-state index in [-0.39, 0.29) is 25.7 Å². The third kappa shape index (κ3) is 34.8. The quantitative estimate of drug-likeness (QED) is 0.00926. The van der Waals surface area contributed by atoms with E-state index in [1.165, 1.54) is 31.8 Å². The number of rotatable bonds is 40. The van der Waals surface area contributed by atoms with Gasteiger partial charge in [-0.25, -0.2) is 9.13 Å². The molecular weight excluding hydrogens is 962 g/mol. The largest absolute Gasteiger partial charge is 0.472 e. The highest BCUT2D eigenvalue weighted by molar-refractivity contribution is 7.47. The van der Waals surface area contributed by atoms with E-state index in [0.717, 1.165) is 57.8 Å². The predicted octanol–water partition coefficient (Wildman–Crippen LogP) is 7.89. The lowest BCUT2D eigenvalue weighted by Gasteiger charge is -2.43. The Morgan fingerprint density at radius 3 is 1.58 bits per heavy atom. The Morgan fingerprint density at radius 1 is 0.535 bits per heavy atom. The first-order valence-electron chi connectivity index (χ1n) is 25.0. The van der Waals surface area contributed by atoms with Crippen molar-refractivity contribution in [2.24, 2.45) is 0 Å². The fourth-order valence-corrected chi connectivity index (χ4v) is 8.39. The van der Waals surface area contributed by atoms with Crippen molar-refractivity contribution in [1.29, 1.82) is 0 Å². The first kappa shape index (κ1) is 65.9. The number of phosphoric acid groups is 2. The highest BCUT2D eigenvalue weighted by Crippen LogP contribution is 2.49. The SMILES string of the molecule is CCCCC/C=C\C/C=C\C/C=C\C/C=C\CCCCCC(=O)O[C@H](COC(=O)CCC[C@H](O)\C=C/C=C/C=C/[C@H](O)C/C=C\CCCCC)COP(=O)(O)O[C@H]1C(O)C(O)C(O)[C@@H](OP(=O)(O)O)C1O. The monoisotopic (exact) mass is 1050 g/mol. The van der Waals surface area contributed by atoms with Crippen molar-refractivity contribution in [3.63, 3.8) is 0 Å². The molecule has 1 saturated carbocycles. The molecule has 0 bridgehead atoms. The molecule has 0 aliphatic heterocycles. The van der Waals surface area contributed by atoms with Gasteiger partial charge in [-0.05, 0) is 83.5 Å². The number of carbonyl (C=O) groups is 2. The Morgan fingerprint density at radius 2 is 1.03 bits per heavy atom. The summed E-state index contributed by atoms with van der Waals surface area (Å²) in [5.41, 5.74) is 0. The van der Waals surface area contributed by atoms with E-state index in [2.05, 4.69) is 73.1 Å². The minimum Gasteiger partial charge on any atom is -0.462 e. The van der Waals surface area contributed by atoms with Gasteiger partial charge in [-0.3, -0.25) is 23.2 Å². The molecule has 1 fully saturated rings. The molecule has 0 amide bonds. The lowest BCUT2D eigenvalue weighted by Crippen LogP contribution is -2.64. The summed E-state index contributed by atoms with van der Waals surface area (Å²) in [6.45, 7) is 2.78. The van der Waals surface area contributed by atoms with Crippen LogP contribution in [0.15, 0.2) is 97.2 Å². The van der Waals surface area contributed by atoms with Crippen LogP contribution in [-0.4, -0.2) is 125 Å². The van der Waals surface area contributed by atoms with Gasteiger partial charge in [0.1, 0.15) is 43.2 Å². The second-order valence-electron chi connectivity index (χ2n) is 17.2. The van der Waals surface area contributed by atoms with E-state index in [4.69, 9.17) is 18.5 Å². The summed E-state index contributed by atoms with van der Waals surface area (Å²) < 4.78 is 49.2. The Kier molecular flexibility index (Phi) is 37.3. The number of allylic oxidation sites excluding steroid dienone is 13. The van der Waals surface area contributed by atoms with Crippen molar-refractivity contribution in [3.05, 3.63) is 97.2 Å². The smallest absolute Gasteiger partial charge is 0.462 e. The molecule has 18 nitrogen and oxygen atoms in total. The number of unbranched alkanes of at least 4 members (excludes halogenated alkanes) is 9. The molecule has 0 radical (unpaired) electrons. The second kappa shape index (κ2) is 40.3. The molecule has 0 aromatic carbocycles. The first-order chi connectivity index (χ1) is 33.9. The topological polar surface area (TPSA) is 296 Å². The summed E-state index contributed by atoms with van der Waals surface area (Å²) in [6, 6.07) is 0. The lowest BCUT2D eigenvalue weighted by atomic mass is 9.85. The van der Waals surface area contributed by atoms with Gasteiger partial charge in [-0.15, -0.1) is 0 Å². The van der Waals surface area contributed by atoms with Crippen LogP contribution in [0, 0.1) is 0 Å². The summed E-state index contributed by atoms with van der Waals surface area (Å²) in [5.74, 6) is -1.49. The highest BCUT2D eigenvalue weighted by atomic mass is 31.2. The van der Waals surface area contributed by atoms with Crippen LogP contribution in [0.5, 0.6) is 0 Å². The molecule has 9 N–H and O–H groups in total. The molecule has 20 heteroatoms. The number of hydrogen-bond acceptors (Lipinski definition) is 15. The van der Waals surface area contributed by atoms with Crippen LogP contribution in [0.25, 0.3) is 0 Å². The van der Waals surface area contributed by atoms with E-state index in [1.807, 2.05) is 6.08 Å². The molecule has 0 heterocycles. The van der Waals surface area contributed by atoms with Crippen LogP contribution < -0.4 is 0 Å². The molecule has 406 valence electrons. The normalized spacial score (nSPS) is 22.6. The maximum Gasteiger partial charge on any atom is 0.472 e. The van der Waals surface area contributed by atoms with Crippen molar-refractivity contribution in [3.8, 4) is 0 Å². The molecule has 10 atom stereocenters. The van der Waals surface area contributed by atoms with E-state index < -0.39 is 95.7 Å². The number of phosphoric ester groups is 2. The van der Waals surface area contributed by atoms with E-state index in [9.17, 15) is 64.0 Å². The molecule has 0 saturated heterocycles. The van der Waals surface area contributed by atoms with Crippen LogP contribution >= 0.6 is 15.6 Å². The maximum atomic E-state index is 13.0. The van der Waals surface area contributed by atoms with E-state index in [0.29, 0.717) is 19.3 Å². The minimum atomic E-state index is -5.40. The van der Waals surface area contributed by atoms with Crippen molar-refractivity contribution in [2.45, 2.75) is 197 Å². The first-order valence-corrected chi connectivity index (χ1v) is 28.0. The molecule has 1 aliphatic rings. The minimum absolute atomic E-state index is 0.0519. The third-order valence-corrected chi connectivity index (χ3v) is 12.3. The number of aliphatic hydroxyl groups excluding tert-OH is 6. The lowest BCUT2D eigenvalue weighted by molar-refractivity contribution is -0.216. The molecule has 1 rings (SSSR count). The fraction of sp³-hybridized carbons (Fsp3) is 0.647. The van der Waals surface area contributed by atoms with Crippen LogP contribution in [0.4, 0.5) is 0 Å². The van der Waals surface area contributed by atoms with Crippen LogP contribution in [0.2, 0.25) is 0 Å². The Bertz CT molecular complexity index is 1770. The summed E-state index contributed by atoms with van der Waals surface area (Å²) >= 11 is 0. The van der Waals surface area contributed by atoms with Crippen LogP contribution in [0.3, 0.4) is 0 Å². The standard InChI is InChI=1S/C51H84O18P2/c1-3-5-7-9-11-12-13-14-15-16-17-18-19-20-21-22-23-25-31-37-45(55)67-43(40-66-71(63,64)69-51-48(58)46(56)47(57)50(49(51)59)68-70(60,61)62)39-65-44(54)38-32-36-42(53)35-30-27-26-29-34-41(52)33-28-24-10-8-6-4-2/h11-12,14-15,17-18,20-21,24,26-30,34-35,41-43,46-53,56-59H,3-10,13,16,19,22-23,25,31-33,36-40H2,1-2H3,(H,63,64)(H2,60,61,62)/b12-11-,15-14-,18-17-,21-20-,27-26+,28-24-,34-29+,35-30-/t41-,42-,43-,46?,47?,48?,49?,50-,51+/m1/s1. The van der Waals surface area contributed by atoms with Gasteiger partial charge in [0.2, 0.25) is 0 Å². The number of carbonyl (C=O) groups excluding carboxylic acids is 2. The molecule has 1 aliphatic carbocycles.